The molecule has 1 aliphatic heterocycles. The summed E-state index contributed by atoms with van der Waals surface area (Å²) in [6.07, 6.45) is 12.4. The summed E-state index contributed by atoms with van der Waals surface area (Å²) in [6.45, 7) is 12.7. The fourth-order valence-corrected chi connectivity index (χ4v) is 4.32. The Morgan fingerprint density at radius 2 is 1.81 bits per heavy atom. The molecule has 0 bridgehead atoms. The van der Waals surface area contributed by atoms with Crippen LogP contribution >= 0.6 is 11.3 Å². The van der Waals surface area contributed by atoms with Crippen molar-refractivity contribution in [2.45, 2.75) is 47.0 Å². The third-order valence-electron chi connectivity index (χ3n) is 4.27. The Balaban J connectivity index is 0.000000444. The summed E-state index contributed by atoms with van der Waals surface area (Å²) in [4.78, 5) is 3.55. The molecule has 2 heterocycles. The molecule has 1 aromatic heterocycles. The van der Waals surface area contributed by atoms with Crippen molar-refractivity contribution in [2.24, 2.45) is 0 Å². The molecule has 1 aliphatic carbocycles. The molecule has 0 atom stereocenters. The zero-order valence-electron chi connectivity index (χ0n) is 16.8. The number of allylic oxidation sites excluding steroid dienone is 5. The highest BCUT2D eigenvalue weighted by atomic mass is 32.1. The molecule has 0 saturated heterocycles. The minimum Gasteiger partial charge on any atom is -0.354 e. The quantitative estimate of drug-likeness (QED) is 0.459. The Morgan fingerprint density at radius 3 is 2.54 bits per heavy atom. The molecule has 1 nitrogen and oxygen atoms in total. The van der Waals surface area contributed by atoms with Crippen LogP contribution in [0.5, 0.6) is 0 Å². The number of thiophene rings is 1. The van der Waals surface area contributed by atoms with Gasteiger partial charge in [0.05, 0.1) is 0 Å². The van der Waals surface area contributed by atoms with Crippen LogP contribution in [-0.2, 0) is 0 Å². The van der Waals surface area contributed by atoms with Crippen LogP contribution < -0.4 is 0 Å². The summed E-state index contributed by atoms with van der Waals surface area (Å²) in [5.74, 6) is 0. The zero-order valence-corrected chi connectivity index (χ0v) is 17.6. The summed E-state index contributed by atoms with van der Waals surface area (Å²) < 4.78 is 1.33. The van der Waals surface area contributed by atoms with Crippen molar-refractivity contribution < 1.29 is 0 Å². The molecule has 0 saturated carbocycles. The predicted molar refractivity (Wildman–Crippen MR) is 120 cm³/mol. The van der Waals surface area contributed by atoms with Gasteiger partial charge in [0.1, 0.15) is 0 Å². The number of rotatable bonds is 0. The molecule has 26 heavy (non-hydrogen) atoms. The van der Waals surface area contributed by atoms with Crippen LogP contribution in [0.25, 0.3) is 21.7 Å². The fraction of sp³-hybridized carbons (Fsp3) is 0.333. The lowest BCUT2D eigenvalue weighted by atomic mass is 9.93. The van der Waals surface area contributed by atoms with Crippen LogP contribution in [-0.4, -0.2) is 11.9 Å². The maximum atomic E-state index is 4.41. The zero-order chi connectivity index (χ0) is 19.1. The van der Waals surface area contributed by atoms with Gasteiger partial charge in [-0.2, -0.15) is 0 Å². The minimum absolute atomic E-state index is 1.09. The maximum absolute atomic E-state index is 4.41. The van der Waals surface area contributed by atoms with Gasteiger partial charge in [-0.05, 0) is 30.6 Å². The Kier molecular flexibility index (Phi) is 7.47. The molecule has 0 amide bonds. The summed E-state index contributed by atoms with van der Waals surface area (Å²) in [5.41, 5.74) is 5.13. The van der Waals surface area contributed by atoms with Crippen LogP contribution in [0.3, 0.4) is 0 Å². The normalized spacial score (nSPS) is 16.5. The SMILES string of the molecule is C=C1C2=C(CCC=C2)N(C)/C=C\c2c1sc1ccccc21.CC.CCC. The van der Waals surface area contributed by atoms with E-state index in [0.29, 0.717) is 0 Å². The number of hydrogen-bond donors (Lipinski definition) is 0. The Bertz CT molecular complexity index is 848. The first-order valence-corrected chi connectivity index (χ1v) is 10.5. The van der Waals surface area contributed by atoms with Crippen LogP contribution in [0.1, 0.15) is 57.4 Å². The van der Waals surface area contributed by atoms with Gasteiger partial charge < -0.3 is 4.90 Å². The molecule has 2 aliphatic rings. The largest absolute Gasteiger partial charge is 0.354 e. The molecule has 0 radical (unpaired) electrons. The van der Waals surface area contributed by atoms with Crippen molar-refractivity contribution in [3.05, 3.63) is 70.9 Å². The van der Waals surface area contributed by atoms with E-state index >= 15 is 0 Å². The lowest BCUT2D eigenvalue weighted by molar-refractivity contribution is 0.535. The highest BCUT2D eigenvalue weighted by Crippen LogP contribution is 2.42. The second-order valence-electron chi connectivity index (χ2n) is 6.25. The number of benzene rings is 1. The van der Waals surface area contributed by atoms with Crippen LogP contribution in [0.15, 0.2) is 60.5 Å². The average Bonchev–Trinajstić information content (AvgIpc) is 3.05. The van der Waals surface area contributed by atoms with Crippen molar-refractivity contribution in [2.75, 3.05) is 7.05 Å². The minimum atomic E-state index is 1.09. The number of fused-ring (bicyclic) bond motifs is 3. The summed E-state index contributed by atoms with van der Waals surface area (Å²) >= 11 is 1.85. The molecule has 4 rings (SSSR count). The van der Waals surface area contributed by atoms with E-state index in [1.807, 2.05) is 25.2 Å². The van der Waals surface area contributed by atoms with Gasteiger partial charge in [0.15, 0.2) is 0 Å². The first-order chi connectivity index (χ1) is 12.7. The van der Waals surface area contributed by atoms with Gasteiger partial charge in [-0.15, -0.1) is 11.3 Å². The lowest BCUT2D eigenvalue weighted by Gasteiger charge is -2.26. The van der Waals surface area contributed by atoms with Gasteiger partial charge >= 0.3 is 0 Å². The van der Waals surface area contributed by atoms with Crippen molar-refractivity contribution in [1.82, 2.24) is 4.90 Å². The second-order valence-corrected chi connectivity index (χ2v) is 7.31. The molecule has 0 fully saturated rings. The first-order valence-electron chi connectivity index (χ1n) is 9.69. The summed E-state index contributed by atoms with van der Waals surface area (Å²) in [6, 6.07) is 8.62. The van der Waals surface area contributed by atoms with E-state index in [0.717, 1.165) is 18.4 Å². The molecule has 1 aromatic carbocycles. The molecule has 0 N–H and O–H groups in total. The van der Waals surface area contributed by atoms with E-state index in [1.54, 1.807) is 0 Å². The monoisotopic (exact) mass is 365 g/mol. The van der Waals surface area contributed by atoms with Crippen molar-refractivity contribution in [3.63, 3.8) is 0 Å². The topological polar surface area (TPSA) is 3.24 Å². The van der Waals surface area contributed by atoms with E-state index in [9.17, 15) is 0 Å². The smallest absolute Gasteiger partial charge is 0.0429 e. The molecular formula is C24H31NS. The van der Waals surface area contributed by atoms with Gasteiger partial charge in [0, 0.05) is 45.0 Å². The van der Waals surface area contributed by atoms with Gasteiger partial charge in [-0.25, -0.2) is 0 Å². The summed E-state index contributed by atoms with van der Waals surface area (Å²) in [7, 11) is 2.14. The lowest BCUT2D eigenvalue weighted by Crippen LogP contribution is -2.15. The van der Waals surface area contributed by atoms with Crippen LogP contribution in [0, 0.1) is 0 Å². The van der Waals surface area contributed by atoms with Crippen molar-refractivity contribution in [1.29, 1.82) is 0 Å². The van der Waals surface area contributed by atoms with Gasteiger partial charge in [0.2, 0.25) is 0 Å². The highest BCUT2D eigenvalue weighted by Gasteiger charge is 2.21. The molecule has 0 unspecified atom stereocenters. The maximum Gasteiger partial charge on any atom is 0.0429 e. The average molecular weight is 366 g/mol. The molecule has 2 aromatic rings. The van der Waals surface area contributed by atoms with E-state index in [2.05, 4.69) is 81.1 Å². The molecule has 0 spiro atoms. The summed E-state index contributed by atoms with van der Waals surface area (Å²) in [5, 5.41) is 1.33. The van der Waals surface area contributed by atoms with Crippen LogP contribution in [0.4, 0.5) is 0 Å². The second kappa shape index (κ2) is 9.59. The van der Waals surface area contributed by atoms with E-state index in [1.165, 1.54) is 38.2 Å². The van der Waals surface area contributed by atoms with Gasteiger partial charge in [-0.1, -0.05) is 71.0 Å². The third-order valence-corrected chi connectivity index (χ3v) is 5.51. The molecule has 2 heteroatoms. The van der Waals surface area contributed by atoms with Crippen molar-refractivity contribution in [3.8, 4) is 0 Å². The Labute approximate surface area is 163 Å². The Hall–Kier alpha value is -2.06. The standard InChI is InChI=1S/C19H17NS.C3H8.C2H6/c1-13-14-7-3-5-9-17(14)20(2)12-11-16-15-8-4-6-10-18(15)21-19(13)16;1-3-2;1-2/h3-4,6-8,10-12H,1,5,9H2,2H3;3H2,1-2H3;1-2H3/b12-11-;;. The first kappa shape index (κ1) is 20.3. The predicted octanol–water partition coefficient (Wildman–Crippen LogP) is 7.88. The van der Waals surface area contributed by atoms with Crippen LogP contribution in [0.2, 0.25) is 0 Å². The van der Waals surface area contributed by atoms with E-state index in [4.69, 9.17) is 0 Å². The van der Waals surface area contributed by atoms with Gasteiger partial charge in [0.25, 0.3) is 0 Å². The van der Waals surface area contributed by atoms with Crippen molar-refractivity contribution >= 4 is 33.1 Å². The number of nitrogens with zero attached hydrogens (tertiary/aromatic N) is 1. The fourth-order valence-electron chi connectivity index (χ4n) is 3.15. The highest BCUT2D eigenvalue weighted by molar-refractivity contribution is 7.20. The van der Waals surface area contributed by atoms with E-state index in [-0.39, 0.29) is 0 Å². The Morgan fingerprint density at radius 1 is 1.12 bits per heavy atom. The molecular weight excluding hydrogens is 334 g/mol. The number of hydrogen-bond acceptors (Lipinski definition) is 2. The van der Waals surface area contributed by atoms with Gasteiger partial charge in [-0.3, -0.25) is 0 Å². The third kappa shape index (κ3) is 4.02. The molecule has 138 valence electrons. The van der Waals surface area contributed by atoms with E-state index < -0.39 is 0 Å².